The van der Waals surface area contributed by atoms with Crippen LogP contribution in [0.2, 0.25) is 0 Å². The van der Waals surface area contributed by atoms with Gasteiger partial charge in [-0.25, -0.2) is 4.79 Å². The number of carbonyl (C=O) groups excluding carboxylic acids is 2. The van der Waals surface area contributed by atoms with Crippen molar-refractivity contribution in [3.05, 3.63) is 12.2 Å². The van der Waals surface area contributed by atoms with Gasteiger partial charge < -0.3 is 100 Å². The average molecular weight is 1380 g/mol. The molecule has 2 amide bonds. The maximum absolute atomic E-state index is 13.5. The van der Waals surface area contributed by atoms with E-state index in [4.69, 9.17) is 28.4 Å². The monoisotopic (exact) mass is 1380 g/mol. The molecule has 0 aromatic heterocycles. The van der Waals surface area contributed by atoms with Gasteiger partial charge in [-0.1, -0.05) is 270 Å². The highest BCUT2D eigenvalue weighted by Gasteiger charge is 2.60. The lowest BCUT2D eigenvalue weighted by Crippen LogP contribution is -2.70. The van der Waals surface area contributed by atoms with Gasteiger partial charge >= 0.3 is 5.97 Å². The van der Waals surface area contributed by atoms with Crippen LogP contribution in [0.3, 0.4) is 0 Å². The first-order valence-corrected chi connectivity index (χ1v) is 38.1. The molecule has 96 heavy (non-hydrogen) atoms. The van der Waals surface area contributed by atoms with E-state index in [1.54, 1.807) is 6.08 Å². The molecule has 18 atom stereocenters. The van der Waals surface area contributed by atoms with Crippen LogP contribution in [0.25, 0.3) is 0 Å². The molecule has 14 N–H and O–H groups in total. The fourth-order valence-electron chi connectivity index (χ4n) is 13.4. The Morgan fingerprint density at radius 1 is 0.542 bits per heavy atom. The van der Waals surface area contributed by atoms with Crippen molar-refractivity contribution in [2.24, 2.45) is 0 Å². The molecular weight excluding hydrogens is 1240 g/mol. The number of amides is 2. The molecule has 0 radical (unpaired) electrons. The van der Waals surface area contributed by atoms with Crippen molar-refractivity contribution in [3.63, 3.8) is 0 Å². The van der Waals surface area contributed by atoms with Gasteiger partial charge in [-0.3, -0.25) is 9.59 Å². The van der Waals surface area contributed by atoms with Gasteiger partial charge in [0.05, 0.1) is 50.7 Å². The second-order valence-electron chi connectivity index (χ2n) is 27.9. The maximum Gasteiger partial charge on any atom is 0.364 e. The van der Waals surface area contributed by atoms with Crippen molar-refractivity contribution in [1.29, 1.82) is 0 Å². The predicted octanol–water partition coefficient (Wildman–Crippen LogP) is 8.63. The van der Waals surface area contributed by atoms with Crippen LogP contribution in [0.4, 0.5) is 0 Å². The van der Waals surface area contributed by atoms with Crippen molar-refractivity contribution < 1.29 is 104 Å². The third-order valence-electron chi connectivity index (χ3n) is 19.5. The number of unbranched alkanes of at least 4 members (excludes halogenated alkanes) is 39. The third kappa shape index (κ3) is 34.4. The quantitative estimate of drug-likeness (QED) is 0.0200. The van der Waals surface area contributed by atoms with E-state index in [2.05, 4.69) is 24.5 Å². The summed E-state index contributed by atoms with van der Waals surface area (Å²) >= 11 is 0. The molecule has 23 heteroatoms. The molecule has 3 aliphatic rings. The second kappa shape index (κ2) is 53.3. The number of nitrogens with one attached hydrogen (secondary N) is 2. The molecule has 23 nitrogen and oxygen atoms in total. The van der Waals surface area contributed by atoms with Crippen LogP contribution in [0.5, 0.6) is 0 Å². The molecular formula is C73H136N2O21. The number of aliphatic carboxylic acids is 1. The first kappa shape index (κ1) is 87.7. The zero-order chi connectivity index (χ0) is 70.4. The van der Waals surface area contributed by atoms with Crippen LogP contribution in [-0.4, -0.2) is 215 Å². The molecule has 3 heterocycles. The highest BCUT2D eigenvalue weighted by Crippen LogP contribution is 2.39. The van der Waals surface area contributed by atoms with E-state index in [-0.39, 0.29) is 12.3 Å². The SMILES string of the molecule is CCCCCCCCCCCCCC/C=C/C(O)C(COC1OC(CO)C(OC2OC(CO)C(O)C(OC3(C(=O)O)CC(O)C(NC(C)=O)C(C(O)C(O)CO)O3)C2O)C(O)C1O)NC(=O)CCCCCCCCCCCCCCCCCCCCCCCCCCCCCC. The van der Waals surface area contributed by atoms with E-state index in [0.717, 1.165) is 51.9 Å². The molecule has 0 saturated carbocycles. The smallest absolute Gasteiger partial charge is 0.364 e. The van der Waals surface area contributed by atoms with Gasteiger partial charge in [-0.15, -0.1) is 0 Å². The van der Waals surface area contributed by atoms with Gasteiger partial charge in [0.25, 0.3) is 5.79 Å². The molecule has 564 valence electrons. The number of allylic oxidation sites excluding steroid dienone is 1. The van der Waals surface area contributed by atoms with E-state index in [1.807, 2.05) is 6.08 Å². The van der Waals surface area contributed by atoms with Crippen molar-refractivity contribution >= 4 is 17.8 Å². The Labute approximate surface area is 575 Å². The minimum Gasteiger partial charge on any atom is -0.477 e. The van der Waals surface area contributed by atoms with Gasteiger partial charge in [-0.2, -0.15) is 0 Å². The molecule has 3 rings (SSSR count). The highest BCUT2D eigenvalue weighted by atomic mass is 16.8. The number of hydrogen-bond acceptors (Lipinski definition) is 20. The largest absolute Gasteiger partial charge is 0.477 e. The highest BCUT2D eigenvalue weighted by molar-refractivity contribution is 5.77. The number of carboxylic acid groups (broad SMARTS) is 1. The summed E-state index contributed by atoms with van der Waals surface area (Å²) in [5.74, 6) is -6.13. The van der Waals surface area contributed by atoms with E-state index in [0.29, 0.717) is 12.8 Å². The number of hydrogen-bond donors (Lipinski definition) is 14. The number of aliphatic hydroxyl groups is 11. The Morgan fingerprint density at radius 2 is 0.969 bits per heavy atom. The Hall–Kier alpha value is -2.53. The molecule has 3 saturated heterocycles. The van der Waals surface area contributed by atoms with E-state index < -0.39 is 155 Å². The number of carboxylic acids is 1. The van der Waals surface area contributed by atoms with E-state index in [9.17, 15) is 75.7 Å². The summed E-state index contributed by atoms with van der Waals surface area (Å²) < 4.78 is 34.8. The summed E-state index contributed by atoms with van der Waals surface area (Å²) in [5, 5.41) is 136. The zero-order valence-electron chi connectivity index (χ0n) is 59.2. The third-order valence-corrected chi connectivity index (χ3v) is 19.5. The Morgan fingerprint density at radius 3 is 1.39 bits per heavy atom. The fourth-order valence-corrected chi connectivity index (χ4v) is 13.4. The lowest BCUT2D eigenvalue weighted by Gasteiger charge is -2.50. The molecule has 0 aromatic rings. The van der Waals surface area contributed by atoms with E-state index >= 15 is 0 Å². The fraction of sp³-hybridized carbons (Fsp3) is 0.932. The molecule has 3 fully saturated rings. The molecule has 0 aromatic carbocycles. The molecule has 0 spiro atoms. The molecule has 0 bridgehead atoms. The topological polar surface area (TPSA) is 373 Å². The predicted molar refractivity (Wildman–Crippen MR) is 366 cm³/mol. The van der Waals surface area contributed by atoms with Crippen LogP contribution in [0.1, 0.15) is 297 Å². The number of aliphatic hydroxyl groups excluding tert-OH is 11. The summed E-state index contributed by atoms with van der Waals surface area (Å²) in [4.78, 5) is 38.6. The Balaban J connectivity index is 1.51. The minimum atomic E-state index is -3.08. The lowest BCUT2D eigenvalue weighted by atomic mass is 9.88. The number of rotatable bonds is 59. The second-order valence-corrected chi connectivity index (χ2v) is 27.9. The van der Waals surface area contributed by atoms with Crippen LogP contribution >= 0.6 is 0 Å². The molecule has 0 aliphatic carbocycles. The van der Waals surface area contributed by atoms with Crippen LogP contribution in [-0.2, 0) is 42.8 Å². The van der Waals surface area contributed by atoms with Crippen molar-refractivity contribution in [2.45, 2.75) is 407 Å². The van der Waals surface area contributed by atoms with Gasteiger partial charge in [0.2, 0.25) is 11.8 Å². The van der Waals surface area contributed by atoms with Gasteiger partial charge in [0.1, 0.15) is 67.1 Å². The van der Waals surface area contributed by atoms with E-state index in [1.165, 1.54) is 205 Å². The average Bonchev–Trinajstić information content (AvgIpc) is 0.759. The maximum atomic E-state index is 13.5. The van der Waals surface area contributed by atoms with Gasteiger partial charge in [0.15, 0.2) is 12.6 Å². The Bertz CT molecular complexity index is 1980. The van der Waals surface area contributed by atoms with Crippen LogP contribution < -0.4 is 10.6 Å². The standard InChI is InChI=1S/C73H136N2O21/c1-4-6-8-10-12-14-16-18-20-21-22-23-24-25-26-27-28-29-30-31-32-33-35-37-39-41-43-45-47-60(83)75-54(55(80)46-44-42-40-38-36-34-19-17-15-13-11-9-7-5-2)52-91-70-65(87)64(86)67(59(51-78)93-70)94-71-66(88)69(63(85)58(50-77)92-71)96-73(72(89)90)48-56(81)61(74-53(3)79)68(95-73)62(84)57(82)49-76/h44,46,54-59,61-71,76-78,80-82,84-88H,4-43,45,47-52H2,1-3H3,(H,74,79)(H,75,83)(H,89,90)/b46-44+. The summed E-state index contributed by atoms with van der Waals surface area (Å²) in [5.41, 5.74) is 0. The number of ether oxygens (including phenoxy) is 6. The molecule has 18 unspecified atom stereocenters. The normalized spacial score (nSPS) is 27.6. The first-order chi connectivity index (χ1) is 46.4. The van der Waals surface area contributed by atoms with Crippen LogP contribution in [0.15, 0.2) is 12.2 Å². The zero-order valence-corrected chi connectivity index (χ0v) is 59.2. The van der Waals surface area contributed by atoms with Crippen LogP contribution in [0, 0.1) is 0 Å². The minimum absolute atomic E-state index is 0.205. The lowest BCUT2D eigenvalue weighted by molar-refractivity contribution is -0.386. The van der Waals surface area contributed by atoms with Crippen molar-refractivity contribution in [3.8, 4) is 0 Å². The summed E-state index contributed by atoms with van der Waals surface area (Å²) in [6, 6.07) is -2.61. The van der Waals surface area contributed by atoms with Gasteiger partial charge in [0, 0.05) is 19.8 Å². The summed E-state index contributed by atoms with van der Waals surface area (Å²) in [6.45, 7) is 2.16. The van der Waals surface area contributed by atoms with Crippen molar-refractivity contribution in [2.75, 3.05) is 26.4 Å². The molecule has 3 aliphatic heterocycles. The first-order valence-electron chi connectivity index (χ1n) is 38.1. The number of carbonyl (C=O) groups is 3. The van der Waals surface area contributed by atoms with Gasteiger partial charge in [-0.05, 0) is 19.3 Å². The Kier molecular flexibility index (Phi) is 48.7. The summed E-state index contributed by atoms with van der Waals surface area (Å²) in [6.07, 6.45) is 25.5. The van der Waals surface area contributed by atoms with Crippen molar-refractivity contribution in [1.82, 2.24) is 10.6 Å². The summed E-state index contributed by atoms with van der Waals surface area (Å²) in [7, 11) is 0.